The summed E-state index contributed by atoms with van der Waals surface area (Å²) >= 11 is 3.16. The maximum atomic E-state index is 11.5. The number of phenols is 1. The fourth-order valence-corrected chi connectivity index (χ4v) is 1.68. The number of halogens is 1. The molecule has 1 aromatic rings. The first-order valence-electron chi connectivity index (χ1n) is 4.47. The van der Waals surface area contributed by atoms with Crippen molar-refractivity contribution in [1.29, 1.82) is 0 Å². The van der Waals surface area contributed by atoms with E-state index in [1.54, 1.807) is 19.1 Å². The Balaban J connectivity index is 2.98. The van der Waals surface area contributed by atoms with Gasteiger partial charge in [-0.15, -0.1) is 0 Å². The molecule has 15 heavy (non-hydrogen) atoms. The molecule has 1 aromatic carbocycles. The molecule has 0 saturated carbocycles. The smallest absolute Gasteiger partial charge is 0.278 e. The minimum atomic E-state index is -0.459. The van der Waals surface area contributed by atoms with E-state index in [4.69, 9.17) is 4.84 Å². The zero-order chi connectivity index (χ0) is 11.4. The van der Waals surface area contributed by atoms with E-state index >= 15 is 0 Å². The fourth-order valence-electron chi connectivity index (χ4n) is 1.10. The number of phenolic OH excluding ortho intramolecular Hbond substituents is 1. The van der Waals surface area contributed by atoms with E-state index in [1.165, 1.54) is 0 Å². The summed E-state index contributed by atoms with van der Waals surface area (Å²) in [4.78, 5) is 16.3. The van der Waals surface area contributed by atoms with Crippen LogP contribution in [0.4, 0.5) is 0 Å². The lowest BCUT2D eigenvalue weighted by Crippen LogP contribution is -2.23. The number of aryl methyl sites for hydroxylation is 1. The van der Waals surface area contributed by atoms with Crippen LogP contribution in [-0.4, -0.2) is 17.6 Å². The van der Waals surface area contributed by atoms with E-state index in [9.17, 15) is 9.90 Å². The van der Waals surface area contributed by atoms with Crippen LogP contribution in [0, 0.1) is 6.92 Å². The van der Waals surface area contributed by atoms with Gasteiger partial charge in [0.05, 0.1) is 16.6 Å². The van der Waals surface area contributed by atoms with Gasteiger partial charge in [0.2, 0.25) is 0 Å². The molecule has 1 amide bonds. The van der Waals surface area contributed by atoms with Gasteiger partial charge in [-0.1, -0.05) is 0 Å². The molecule has 0 unspecified atom stereocenters. The number of carbonyl (C=O) groups is 1. The molecule has 0 saturated heterocycles. The third kappa shape index (κ3) is 2.94. The summed E-state index contributed by atoms with van der Waals surface area (Å²) in [5.74, 6) is -0.545. The number of carbonyl (C=O) groups excluding carboxylic acids is 1. The predicted octanol–water partition coefficient (Wildman–Crippen LogP) is 2.14. The lowest BCUT2D eigenvalue weighted by atomic mass is 10.1. The summed E-state index contributed by atoms with van der Waals surface area (Å²) in [5, 5.41) is 9.63. The van der Waals surface area contributed by atoms with Gasteiger partial charge in [-0.05, 0) is 47.5 Å². The van der Waals surface area contributed by atoms with Crippen molar-refractivity contribution in [2.75, 3.05) is 6.61 Å². The minimum Gasteiger partial charge on any atom is -0.506 e. The Labute approximate surface area is 96.3 Å². The Morgan fingerprint density at radius 1 is 1.60 bits per heavy atom. The van der Waals surface area contributed by atoms with Gasteiger partial charge < -0.3 is 5.11 Å². The van der Waals surface area contributed by atoms with Crippen molar-refractivity contribution in [3.05, 3.63) is 27.7 Å². The number of benzene rings is 1. The SMILES string of the molecule is CCONC(=O)c1cc(C)cc(Br)c1O. The van der Waals surface area contributed by atoms with E-state index < -0.39 is 5.91 Å². The molecule has 0 aliphatic carbocycles. The molecule has 0 aromatic heterocycles. The first kappa shape index (κ1) is 12.0. The van der Waals surface area contributed by atoms with Gasteiger partial charge in [-0.3, -0.25) is 9.63 Å². The first-order chi connectivity index (χ1) is 7.06. The lowest BCUT2D eigenvalue weighted by Gasteiger charge is -2.08. The van der Waals surface area contributed by atoms with Crippen LogP contribution in [0.5, 0.6) is 5.75 Å². The topological polar surface area (TPSA) is 58.6 Å². The van der Waals surface area contributed by atoms with Crippen molar-refractivity contribution in [2.24, 2.45) is 0 Å². The summed E-state index contributed by atoms with van der Waals surface area (Å²) in [6.07, 6.45) is 0. The number of hydrogen-bond donors (Lipinski definition) is 2. The summed E-state index contributed by atoms with van der Waals surface area (Å²) in [7, 11) is 0. The van der Waals surface area contributed by atoms with Crippen LogP contribution in [0.25, 0.3) is 0 Å². The quantitative estimate of drug-likeness (QED) is 0.830. The molecular weight excluding hydrogens is 262 g/mol. The number of rotatable bonds is 3. The van der Waals surface area contributed by atoms with Gasteiger partial charge >= 0.3 is 0 Å². The summed E-state index contributed by atoms with van der Waals surface area (Å²) < 4.78 is 0.490. The first-order valence-corrected chi connectivity index (χ1v) is 5.26. The number of hydrogen-bond acceptors (Lipinski definition) is 3. The van der Waals surface area contributed by atoms with Gasteiger partial charge in [-0.2, -0.15) is 0 Å². The average molecular weight is 274 g/mol. The second kappa shape index (κ2) is 5.14. The highest BCUT2D eigenvalue weighted by molar-refractivity contribution is 9.10. The van der Waals surface area contributed by atoms with Crippen LogP contribution in [0.2, 0.25) is 0 Å². The van der Waals surface area contributed by atoms with Crippen molar-refractivity contribution in [3.8, 4) is 5.75 Å². The van der Waals surface area contributed by atoms with E-state index in [1.807, 2.05) is 6.92 Å². The molecule has 0 aliphatic rings. The van der Waals surface area contributed by atoms with Crippen LogP contribution in [0.15, 0.2) is 16.6 Å². The van der Waals surface area contributed by atoms with E-state index in [-0.39, 0.29) is 11.3 Å². The average Bonchev–Trinajstić information content (AvgIpc) is 2.19. The second-order valence-electron chi connectivity index (χ2n) is 3.01. The highest BCUT2D eigenvalue weighted by atomic mass is 79.9. The highest BCUT2D eigenvalue weighted by Gasteiger charge is 2.14. The molecule has 1 rings (SSSR count). The Bertz CT molecular complexity index is 379. The van der Waals surface area contributed by atoms with Crippen molar-refractivity contribution < 1.29 is 14.7 Å². The maximum absolute atomic E-state index is 11.5. The van der Waals surface area contributed by atoms with Gasteiger partial charge in [-0.25, -0.2) is 5.48 Å². The number of amides is 1. The zero-order valence-electron chi connectivity index (χ0n) is 8.50. The Morgan fingerprint density at radius 2 is 2.27 bits per heavy atom. The molecule has 0 heterocycles. The van der Waals surface area contributed by atoms with E-state index in [0.29, 0.717) is 11.1 Å². The largest absolute Gasteiger partial charge is 0.506 e. The van der Waals surface area contributed by atoms with E-state index in [0.717, 1.165) is 5.56 Å². The van der Waals surface area contributed by atoms with Gasteiger partial charge in [0, 0.05) is 0 Å². The fraction of sp³-hybridized carbons (Fsp3) is 0.300. The molecule has 0 radical (unpaired) electrons. The minimum absolute atomic E-state index is 0.0854. The molecule has 0 aliphatic heterocycles. The molecule has 2 N–H and O–H groups in total. The van der Waals surface area contributed by atoms with E-state index in [2.05, 4.69) is 21.4 Å². The number of aromatic hydroxyl groups is 1. The summed E-state index contributed by atoms with van der Waals surface area (Å²) in [6.45, 7) is 3.97. The monoisotopic (exact) mass is 273 g/mol. The molecule has 82 valence electrons. The molecule has 0 bridgehead atoms. The summed E-state index contributed by atoms with van der Waals surface area (Å²) in [5.41, 5.74) is 3.29. The summed E-state index contributed by atoms with van der Waals surface area (Å²) in [6, 6.07) is 3.32. The zero-order valence-corrected chi connectivity index (χ0v) is 10.1. The highest BCUT2D eigenvalue weighted by Crippen LogP contribution is 2.29. The number of nitrogens with one attached hydrogen (secondary N) is 1. The molecule has 4 nitrogen and oxygen atoms in total. The van der Waals surface area contributed by atoms with Crippen molar-refractivity contribution in [2.45, 2.75) is 13.8 Å². The van der Waals surface area contributed by atoms with Crippen molar-refractivity contribution >= 4 is 21.8 Å². The molecule has 0 atom stereocenters. The molecule has 5 heteroatoms. The van der Waals surface area contributed by atoms with Gasteiger partial charge in [0.15, 0.2) is 0 Å². The van der Waals surface area contributed by atoms with Crippen LogP contribution >= 0.6 is 15.9 Å². The lowest BCUT2D eigenvalue weighted by molar-refractivity contribution is 0.0362. The predicted molar refractivity (Wildman–Crippen MR) is 59.6 cm³/mol. The second-order valence-corrected chi connectivity index (χ2v) is 3.86. The normalized spacial score (nSPS) is 10.1. The van der Waals surface area contributed by atoms with Crippen LogP contribution in [0.3, 0.4) is 0 Å². The molecule has 0 fully saturated rings. The maximum Gasteiger partial charge on any atom is 0.278 e. The number of hydroxylamine groups is 1. The molecular formula is C10H12BrNO3. The third-order valence-electron chi connectivity index (χ3n) is 1.76. The Morgan fingerprint density at radius 3 is 2.87 bits per heavy atom. The molecule has 0 spiro atoms. The van der Waals surface area contributed by atoms with Crippen molar-refractivity contribution in [1.82, 2.24) is 5.48 Å². The van der Waals surface area contributed by atoms with Crippen molar-refractivity contribution in [3.63, 3.8) is 0 Å². The van der Waals surface area contributed by atoms with Crippen LogP contribution < -0.4 is 5.48 Å². The van der Waals surface area contributed by atoms with Crippen LogP contribution in [0.1, 0.15) is 22.8 Å². The standard InChI is InChI=1S/C10H12BrNO3/c1-3-15-12-10(14)7-4-6(2)5-8(11)9(7)13/h4-5,13H,3H2,1-2H3,(H,12,14). The Hall–Kier alpha value is -1.07. The Kier molecular flexibility index (Phi) is 4.11. The van der Waals surface area contributed by atoms with Gasteiger partial charge in [0.25, 0.3) is 5.91 Å². The van der Waals surface area contributed by atoms with Crippen LogP contribution in [-0.2, 0) is 4.84 Å². The van der Waals surface area contributed by atoms with Gasteiger partial charge in [0.1, 0.15) is 5.75 Å². The third-order valence-corrected chi connectivity index (χ3v) is 2.37.